The fourth-order valence-electron chi connectivity index (χ4n) is 1.86. The molecule has 0 aliphatic rings. The summed E-state index contributed by atoms with van der Waals surface area (Å²) in [5.74, 6) is 1.78. The predicted octanol–water partition coefficient (Wildman–Crippen LogP) is 2.21. The fourth-order valence-corrected chi connectivity index (χ4v) is 4.09. The van der Waals surface area contributed by atoms with Gasteiger partial charge >= 0.3 is 0 Å². The highest BCUT2D eigenvalue weighted by atomic mass is 32.2. The van der Waals surface area contributed by atoms with E-state index in [1.165, 1.54) is 6.26 Å². The second kappa shape index (κ2) is 8.83. The van der Waals surface area contributed by atoms with Crippen LogP contribution in [0, 0.1) is 11.3 Å². The quantitative estimate of drug-likeness (QED) is 0.627. The first-order chi connectivity index (χ1) is 8.74. The summed E-state index contributed by atoms with van der Waals surface area (Å²) in [6.45, 7) is 6.11. The van der Waals surface area contributed by atoms with Gasteiger partial charge in [-0.25, -0.2) is 8.42 Å². The van der Waals surface area contributed by atoms with Gasteiger partial charge in [0.25, 0.3) is 0 Å². The van der Waals surface area contributed by atoms with Crippen LogP contribution >= 0.6 is 11.8 Å². The van der Waals surface area contributed by atoms with Crippen molar-refractivity contribution in [3.8, 4) is 6.07 Å². The molecular formula is C13H26N2O2S2. The van der Waals surface area contributed by atoms with E-state index in [1.54, 1.807) is 11.8 Å². The first-order valence-corrected chi connectivity index (χ1v) is 9.90. The number of nitrogens with zero attached hydrogens (tertiary/aromatic N) is 1. The van der Waals surface area contributed by atoms with Crippen LogP contribution in [0.25, 0.3) is 0 Å². The van der Waals surface area contributed by atoms with Gasteiger partial charge in [-0.2, -0.15) is 17.0 Å². The molecule has 4 nitrogen and oxygen atoms in total. The summed E-state index contributed by atoms with van der Waals surface area (Å²) in [6, 6.07) is 2.68. The molecule has 1 N–H and O–H groups in total. The molecule has 6 heteroatoms. The molecule has 0 radical (unpaired) electrons. The smallest absolute Gasteiger partial charge is 0.148 e. The summed E-state index contributed by atoms with van der Waals surface area (Å²) in [4.78, 5) is 0. The molecule has 1 atom stereocenters. The molecule has 1 unspecified atom stereocenters. The van der Waals surface area contributed by atoms with Crippen LogP contribution in [0.5, 0.6) is 0 Å². The third-order valence-electron chi connectivity index (χ3n) is 2.87. The fraction of sp³-hybridized carbons (Fsp3) is 0.923. The van der Waals surface area contributed by atoms with Crippen LogP contribution in [-0.2, 0) is 9.84 Å². The second-order valence-corrected chi connectivity index (χ2v) is 8.68. The van der Waals surface area contributed by atoms with Crippen LogP contribution in [0.3, 0.4) is 0 Å². The van der Waals surface area contributed by atoms with Gasteiger partial charge < -0.3 is 0 Å². The van der Waals surface area contributed by atoms with Crippen molar-refractivity contribution in [1.82, 2.24) is 5.32 Å². The van der Waals surface area contributed by atoms with Gasteiger partial charge in [-0.05, 0) is 38.9 Å². The van der Waals surface area contributed by atoms with Crippen molar-refractivity contribution in [2.75, 3.05) is 23.5 Å². The minimum Gasteiger partial charge on any atom is -0.297 e. The standard InChI is InChI=1S/C13H26N2O2S2/c1-5-13(11-14,15-12(2)3)7-6-8-18-9-10-19(4,16)17/h12,15H,5-10H2,1-4H3. The summed E-state index contributed by atoms with van der Waals surface area (Å²) in [6.07, 6.45) is 3.78. The van der Waals surface area contributed by atoms with Crippen molar-refractivity contribution >= 4 is 21.6 Å². The molecule has 0 aromatic heterocycles. The van der Waals surface area contributed by atoms with Crippen molar-refractivity contribution in [2.24, 2.45) is 0 Å². The van der Waals surface area contributed by atoms with E-state index in [9.17, 15) is 13.7 Å². The summed E-state index contributed by atoms with van der Waals surface area (Å²) in [7, 11) is -2.85. The maximum atomic E-state index is 11.0. The lowest BCUT2D eigenvalue weighted by atomic mass is 9.91. The Labute approximate surface area is 122 Å². The number of hydrogen-bond acceptors (Lipinski definition) is 5. The second-order valence-electron chi connectivity index (χ2n) is 5.19. The molecule has 0 heterocycles. The average molecular weight is 306 g/mol. The van der Waals surface area contributed by atoms with Gasteiger partial charge in [0, 0.05) is 18.1 Å². The molecule has 0 aliphatic heterocycles. The van der Waals surface area contributed by atoms with Crippen LogP contribution in [0.15, 0.2) is 0 Å². The van der Waals surface area contributed by atoms with E-state index in [2.05, 4.69) is 11.4 Å². The molecule has 0 aliphatic carbocycles. The van der Waals surface area contributed by atoms with Gasteiger partial charge in [-0.3, -0.25) is 5.32 Å². The lowest BCUT2D eigenvalue weighted by Gasteiger charge is -2.29. The van der Waals surface area contributed by atoms with Crippen molar-refractivity contribution in [3.63, 3.8) is 0 Å². The topological polar surface area (TPSA) is 70.0 Å². The molecule has 0 amide bonds. The predicted molar refractivity (Wildman–Crippen MR) is 83.2 cm³/mol. The van der Waals surface area contributed by atoms with Gasteiger partial charge in [0.1, 0.15) is 15.4 Å². The van der Waals surface area contributed by atoms with Gasteiger partial charge in [-0.1, -0.05) is 6.92 Å². The molecule has 0 spiro atoms. The van der Waals surface area contributed by atoms with Crippen molar-refractivity contribution < 1.29 is 8.42 Å². The Bertz CT molecular complexity index is 388. The van der Waals surface area contributed by atoms with Crippen molar-refractivity contribution in [3.05, 3.63) is 0 Å². The number of nitriles is 1. The molecule has 0 fully saturated rings. The van der Waals surface area contributed by atoms with Gasteiger partial charge in [0.05, 0.1) is 11.8 Å². The zero-order valence-electron chi connectivity index (χ0n) is 12.4. The largest absolute Gasteiger partial charge is 0.297 e. The highest BCUT2D eigenvalue weighted by Gasteiger charge is 2.27. The van der Waals surface area contributed by atoms with Crippen LogP contribution in [0.1, 0.15) is 40.0 Å². The number of nitrogens with one attached hydrogen (secondary N) is 1. The molecular weight excluding hydrogens is 280 g/mol. The van der Waals surface area contributed by atoms with Crippen LogP contribution < -0.4 is 5.32 Å². The van der Waals surface area contributed by atoms with Gasteiger partial charge in [0.2, 0.25) is 0 Å². The Morgan fingerprint density at radius 1 is 1.37 bits per heavy atom. The van der Waals surface area contributed by atoms with Crippen LogP contribution in [0.2, 0.25) is 0 Å². The van der Waals surface area contributed by atoms with E-state index in [1.807, 2.05) is 20.8 Å². The minimum absolute atomic E-state index is 0.235. The summed E-state index contributed by atoms with van der Waals surface area (Å²) in [5.41, 5.74) is -0.439. The molecule has 0 rings (SSSR count). The van der Waals surface area contributed by atoms with Gasteiger partial charge in [0.15, 0.2) is 0 Å². The molecule has 19 heavy (non-hydrogen) atoms. The molecule has 0 bridgehead atoms. The Kier molecular flexibility index (Phi) is 8.71. The summed E-state index contributed by atoms with van der Waals surface area (Å²) < 4.78 is 21.9. The third-order valence-corrected chi connectivity index (χ3v) is 5.15. The monoisotopic (exact) mass is 306 g/mol. The maximum absolute atomic E-state index is 11.0. The first-order valence-electron chi connectivity index (χ1n) is 6.69. The van der Waals surface area contributed by atoms with Crippen LogP contribution in [-0.4, -0.2) is 43.5 Å². The van der Waals surface area contributed by atoms with E-state index < -0.39 is 15.4 Å². The number of sulfone groups is 1. The van der Waals surface area contributed by atoms with E-state index in [-0.39, 0.29) is 11.8 Å². The highest BCUT2D eigenvalue weighted by Crippen LogP contribution is 2.19. The normalized spacial score (nSPS) is 15.2. The average Bonchev–Trinajstić information content (AvgIpc) is 2.30. The molecule has 112 valence electrons. The van der Waals surface area contributed by atoms with Crippen LogP contribution in [0.4, 0.5) is 0 Å². The summed E-state index contributed by atoms with van der Waals surface area (Å²) in [5, 5.41) is 12.7. The molecule has 0 saturated heterocycles. The number of rotatable bonds is 10. The van der Waals surface area contributed by atoms with Crippen molar-refractivity contribution in [2.45, 2.75) is 51.6 Å². The zero-order chi connectivity index (χ0) is 14.9. The Hall–Kier alpha value is -0.250. The summed E-state index contributed by atoms with van der Waals surface area (Å²) >= 11 is 1.64. The highest BCUT2D eigenvalue weighted by molar-refractivity contribution is 8.00. The molecule has 0 aromatic rings. The molecule has 0 saturated carbocycles. The zero-order valence-corrected chi connectivity index (χ0v) is 14.0. The lowest BCUT2D eigenvalue weighted by Crippen LogP contribution is -2.47. The lowest BCUT2D eigenvalue weighted by molar-refractivity contribution is 0.341. The number of thioether (sulfide) groups is 1. The Morgan fingerprint density at radius 3 is 2.42 bits per heavy atom. The minimum atomic E-state index is -2.85. The third kappa shape index (κ3) is 9.31. The van der Waals surface area contributed by atoms with E-state index in [4.69, 9.17) is 0 Å². The van der Waals surface area contributed by atoms with E-state index in [0.29, 0.717) is 5.75 Å². The van der Waals surface area contributed by atoms with Crippen molar-refractivity contribution in [1.29, 1.82) is 5.26 Å². The van der Waals surface area contributed by atoms with E-state index >= 15 is 0 Å². The Balaban J connectivity index is 3.99. The first kappa shape index (κ1) is 18.8. The molecule has 0 aromatic carbocycles. The Morgan fingerprint density at radius 2 is 2.00 bits per heavy atom. The van der Waals surface area contributed by atoms with E-state index in [0.717, 1.165) is 25.0 Å². The maximum Gasteiger partial charge on any atom is 0.148 e. The SMILES string of the molecule is CCC(C#N)(CCCSCCS(C)(=O)=O)NC(C)C. The van der Waals surface area contributed by atoms with Gasteiger partial charge in [-0.15, -0.1) is 0 Å². The number of hydrogen-bond donors (Lipinski definition) is 1.